The summed E-state index contributed by atoms with van der Waals surface area (Å²) in [6.45, 7) is 40.9. The summed E-state index contributed by atoms with van der Waals surface area (Å²) >= 11 is 0. The van der Waals surface area contributed by atoms with Crippen LogP contribution in [0.2, 0.25) is 0 Å². The van der Waals surface area contributed by atoms with Crippen LogP contribution in [0.4, 0.5) is 0 Å². The van der Waals surface area contributed by atoms with Crippen molar-refractivity contribution >= 4 is 19.3 Å². The number of carbonyl (C=O) groups is 1. The standard InChI is InChI=1S/C8H16.C4H8.C4H6.C3H6O.6C3H8.C2H6O.3CH4.H2S/c1-7-3-5-8(2)6-4-7;2*1-3-4-2;1-3(2)4;7*1-3-2;;;;/h7-8H,3-6H2,1-2H3;3-4H,1-2H3;2*1-2H3;6*3H2,1-2H3;1-2H3;3*1H4;1H2. The zero-order valence-corrected chi connectivity index (χ0v) is 35.2. The minimum atomic E-state index is 0. The van der Waals surface area contributed by atoms with Crippen molar-refractivity contribution in [1.82, 2.24) is 0 Å². The maximum absolute atomic E-state index is 9.44. The number of ether oxygens (including phenoxy) is 1. The van der Waals surface area contributed by atoms with Gasteiger partial charge in [-0.05, 0) is 53.4 Å². The molecule has 0 bridgehead atoms. The summed E-state index contributed by atoms with van der Waals surface area (Å²) in [5, 5.41) is 0. The largest absolute Gasteiger partial charge is 0.388 e. The van der Waals surface area contributed by atoms with Crippen LogP contribution >= 0.6 is 13.5 Å². The van der Waals surface area contributed by atoms with E-state index in [0.717, 1.165) is 11.8 Å². The maximum Gasteiger partial charge on any atom is 0.126 e. The molecule has 0 radical (unpaired) electrons. The number of hydrogen-bond donors (Lipinski definition) is 0. The fraction of sp³-hybridized carbons (Fsp3) is 0.881. The lowest BCUT2D eigenvalue weighted by Gasteiger charge is -2.22. The highest BCUT2D eigenvalue weighted by molar-refractivity contribution is 7.59. The molecule has 0 heterocycles. The SMILES string of the molecule is C.C.C.CC#CC.CC(C)=O.CC1CCC(C)CC1.CC=CC.CCC.CCC.CCC.CCC.CCC.CCC.COC.S. The number of ketones is 1. The highest BCUT2D eigenvalue weighted by Gasteiger charge is 2.13. The Morgan fingerprint density at radius 2 is 0.644 bits per heavy atom. The maximum atomic E-state index is 9.44. The molecule has 0 atom stereocenters. The monoisotopic (exact) mass is 673 g/mol. The summed E-state index contributed by atoms with van der Waals surface area (Å²) in [5.41, 5.74) is 0. The zero-order chi connectivity index (χ0) is 35.3. The van der Waals surface area contributed by atoms with Gasteiger partial charge < -0.3 is 9.53 Å². The Morgan fingerprint density at radius 1 is 0.556 bits per heavy atom. The van der Waals surface area contributed by atoms with Gasteiger partial charge in [-0.15, -0.1) is 11.8 Å². The third kappa shape index (κ3) is 580. The van der Waals surface area contributed by atoms with Crippen molar-refractivity contribution in [2.75, 3.05) is 14.2 Å². The lowest BCUT2D eigenvalue weighted by molar-refractivity contribution is -0.115. The van der Waals surface area contributed by atoms with Crippen molar-refractivity contribution in [2.24, 2.45) is 11.8 Å². The topological polar surface area (TPSA) is 26.3 Å². The van der Waals surface area contributed by atoms with E-state index in [1.807, 2.05) is 39.8 Å². The molecule has 2 nitrogen and oxygen atoms in total. The number of carbonyl (C=O) groups excluding carboxylic acids is 1. The van der Waals surface area contributed by atoms with Crippen molar-refractivity contribution in [3.05, 3.63) is 12.2 Å². The summed E-state index contributed by atoms with van der Waals surface area (Å²) < 4.78 is 4.25. The van der Waals surface area contributed by atoms with Gasteiger partial charge in [-0.1, -0.05) is 196 Å². The Balaban J connectivity index is -0.0000000199. The average Bonchev–Trinajstić information content (AvgIpc) is 2.89. The molecule has 45 heavy (non-hydrogen) atoms. The summed E-state index contributed by atoms with van der Waals surface area (Å²) in [7, 11) is 3.25. The second kappa shape index (κ2) is 143. The van der Waals surface area contributed by atoms with E-state index in [0.29, 0.717) is 0 Å². The molecule has 1 rings (SSSR count). The van der Waals surface area contributed by atoms with Crippen molar-refractivity contribution in [2.45, 2.75) is 225 Å². The van der Waals surface area contributed by atoms with Crippen LogP contribution in [0, 0.1) is 23.7 Å². The molecule has 0 aromatic carbocycles. The Hall–Kier alpha value is -0.720. The molecule has 0 saturated heterocycles. The van der Waals surface area contributed by atoms with E-state index in [4.69, 9.17) is 0 Å². The van der Waals surface area contributed by atoms with Gasteiger partial charge in [-0.25, -0.2) is 0 Å². The molecule has 1 saturated carbocycles. The van der Waals surface area contributed by atoms with Crippen molar-refractivity contribution in [3.8, 4) is 11.8 Å². The molecule has 0 aromatic rings. The summed E-state index contributed by atoms with van der Waals surface area (Å²) in [6.07, 6.45) is 17.4. The second-order valence-electron chi connectivity index (χ2n) is 10.1. The molecule has 0 N–H and O–H groups in total. The van der Waals surface area contributed by atoms with Crippen LogP contribution < -0.4 is 0 Å². The lowest BCUT2D eigenvalue weighted by Crippen LogP contribution is -2.08. The Morgan fingerprint density at radius 3 is 0.689 bits per heavy atom. The molecule has 0 aliphatic heterocycles. The van der Waals surface area contributed by atoms with Gasteiger partial charge in [-0.3, -0.25) is 0 Å². The summed E-state index contributed by atoms with van der Waals surface area (Å²) in [4.78, 5) is 9.44. The van der Waals surface area contributed by atoms with Gasteiger partial charge in [0.05, 0.1) is 0 Å². The van der Waals surface area contributed by atoms with Gasteiger partial charge in [0, 0.05) is 14.2 Å². The molecule has 1 aliphatic rings. The van der Waals surface area contributed by atoms with E-state index >= 15 is 0 Å². The van der Waals surface area contributed by atoms with E-state index in [1.165, 1.54) is 78.1 Å². The first-order chi connectivity index (χ1) is 19.2. The molecule has 290 valence electrons. The van der Waals surface area contributed by atoms with Gasteiger partial charge in [0.1, 0.15) is 5.78 Å². The normalized spacial score (nSPS) is 11.6. The molecular weight excluding hydrogens is 569 g/mol. The van der Waals surface area contributed by atoms with Gasteiger partial charge in [-0.2, -0.15) is 13.5 Å². The van der Waals surface area contributed by atoms with Crippen LogP contribution in [0.5, 0.6) is 0 Å². The first-order valence-corrected chi connectivity index (χ1v) is 17.0. The quantitative estimate of drug-likeness (QED) is 0.189. The van der Waals surface area contributed by atoms with E-state index in [2.05, 4.69) is 114 Å². The van der Waals surface area contributed by atoms with Crippen molar-refractivity contribution in [1.29, 1.82) is 0 Å². The Bertz CT molecular complexity index is 330. The van der Waals surface area contributed by atoms with Crippen LogP contribution in [0.25, 0.3) is 0 Å². The smallest absolute Gasteiger partial charge is 0.126 e. The molecule has 3 heteroatoms. The summed E-state index contributed by atoms with van der Waals surface area (Å²) in [5.74, 6) is 7.57. The molecule has 0 aromatic heterocycles. The number of methoxy groups -OCH3 is 1. The van der Waals surface area contributed by atoms with Crippen LogP contribution in [-0.2, 0) is 9.53 Å². The fourth-order valence-corrected chi connectivity index (χ4v) is 1.43. The Kier molecular flexibility index (Phi) is 287. The number of Topliss-reactive ketones (excluding diaryl/α,β-unsaturated/α-hetero) is 1. The zero-order valence-electron chi connectivity index (χ0n) is 34.2. The van der Waals surface area contributed by atoms with E-state index in [1.54, 1.807) is 14.2 Å². The highest BCUT2D eigenvalue weighted by atomic mass is 32.1. The number of rotatable bonds is 0. The van der Waals surface area contributed by atoms with E-state index in [9.17, 15) is 4.79 Å². The molecule has 1 aliphatic carbocycles. The average molecular weight is 673 g/mol. The number of allylic oxidation sites excluding steroid dienone is 2. The van der Waals surface area contributed by atoms with Gasteiger partial charge in [0.15, 0.2) is 0 Å². The minimum Gasteiger partial charge on any atom is -0.388 e. The number of hydrogen-bond acceptors (Lipinski definition) is 2. The van der Waals surface area contributed by atoms with Crippen molar-refractivity contribution in [3.63, 3.8) is 0 Å². The summed E-state index contributed by atoms with van der Waals surface area (Å²) in [6, 6.07) is 0. The van der Waals surface area contributed by atoms with Crippen molar-refractivity contribution < 1.29 is 9.53 Å². The second-order valence-corrected chi connectivity index (χ2v) is 10.1. The van der Waals surface area contributed by atoms with Crippen LogP contribution in [0.15, 0.2) is 12.2 Å². The molecule has 0 unspecified atom stereocenters. The Labute approximate surface area is 303 Å². The fourth-order valence-electron chi connectivity index (χ4n) is 1.43. The van der Waals surface area contributed by atoms with E-state index in [-0.39, 0.29) is 41.6 Å². The highest BCUT2D eigenvalue weighted by Crippen LogP contribution is 2.27. The molecule has 0 spiro atoms. The third-order valence-corrected chi connectivity index (χ3v) is 2.89. The molecule has 1 fully saturated rings. The van der Waals surface area contributed by atoms with E-state index < -0.39 is 0 Å². The third-order valence-electron chi connectivity index (χ3n) is 2.89. The first-order valence-electron chi connectivity index (χ1n) is 17.0. The lowest BCUT2D eigenvalue weighted by atomic mass is 9.84. The van der Waals surface area contributed by atoms with Gasteiger partial charge in [0.25, 0.3) is 0 Å². The molecular formula is C42H104O2S. The van der Waals surface area contributed by atoms with Crippen LogP contribution in [0.1, 0.15) is 225 Å². The van der Waals surface area contributed by atoms with Gasteiger partial charge in [0.2, 0.25) is 0 Å². The van der Waals surface area contributed by atoms with Crippen LogP contribution in [0.3, 0.4) is 0 Å². The van der Waals surface area contributed by atoms with Crippen LogP contribution in [-0.4, -0.2) is 20.0 Å². The minimum absolute atomic E-state index is 0. The van der Waals surface area contributed by atoms with Gasteiger partial charge >= 0.3 is 0 Å². The first kappa shape index (κ1) is 90.5. The molecule has 0 amide bonds. The predicted octanol–water partition coefficient (Wildman–Crippen LogP) is 16.8. The predicted molar refractivity (Wildman–Crippen MR) is 232 cm³/mol.